The van der Waals surface area contributed by atoms with Gasteiger partial charge in [-0.15, -0.1) is 11.3 Å². The molecule has 1 aliphatic carbocycles. The SMILES string of the molecule is CCOC(=O)NC[C@@H](C)Oc1cc2[nH]ncc2cc1Nc1ncnc2sc3c(c12)CC[C@H](C(=O)N(C)C)C3. The molecule has 3 aromatic heterocycles. The van der Waals surface area contributed by atoms with Gasteiger partial charge in [0.15, 0.2) is 0 Å². The molecule has 11 nitrogen and oxygen atoms in total. The number of nitrogens with zero attached hydrogens (tertiary/aromatic N) is 4. The second-order valence-corrected chi connectivity index (χ2v) is 10.6. The van der Waals surface area contributed by atoms with Gasteiger partial charge in [-0.25, -0.2) is 14.8 Å². The van der Waals surface area contributed by atoms with Crippen LogP contribution in [0.15, 0.2) is 24.7 Å². The Hall–Kier alpha value is -3.93. The van der Waals surface area contributed by atoms with Crippen LogP contribution in [0, 0.1) is 5.92 Å². The van der Waals surface area contributed by atoms with E-state index in [2.05, 4.69) is 30.8 Å². The molecule has 12 heteroatoms. The van der Waals surface area contributed by atoms with Crippen molar-refractivity contribution in [3.63, 3.8) is 0 Å². The highest BCUT2D eigenvalue weighted by Crippen LogP contribution is 2.42. The van der Waals surface area contributed by atoms with Gasteiger partial charge in [0.1, 0.15) is 28.8 Å². The maximum Gasteiger partial charge on any atom is 0.407 e. The van der Waals surface area contributed by atoms with Crippen LogP contribution in [0.25, 0.3) is 21.1 Å². The monoisotopic (exact) mass is 537 g/mol. The number of benzene rings is 1. The number of anilines is 2. The Morgan fingerprint density at radius 1 is 1.29 bits per heavy atom. The Balaban J connectivity index is 1.44. The van der Waals surface area contributed by atoms with Crippen LogP contribution in [0.4, 0.5) is 16.3 Å². The number of carbonyl (C=O) groups excluding carboxylic acids is 2. The molecule has 38 heavy (non-hydrogen) atoms. The molecule has 0 saturated heterocycles. The maximum absolute atomic E-state index is 12.6. The Kier molecular flexibility index (Phi) is 7.32. The lowest BCUT2D eigenvalue weighted by molar-refractivity contribution is -0.133. The number of nitrogens with one attached hydrogen (secondary N) is 3. The van der Waals surface area contributed by atoms with Gasteiger partial charge in [0.25, 0.3) is 0 Å². The van der Waals surface area contributed by atoms with Crippen molar-refractivity contribution in [3.8, 4) is 5.75 Å². The van der Waals surface area contributed by atoms with E-state index in [9.17, 15) is 9.59 Å². The van der Waals surface area contributed by atoms with Gasteiger partial charge in [-0.3, -0.25) is 9.89 Å². The first kappa shape index (κ1) is 25.7. The molecule has 4 aromatic rings. The zero-order valence-electron chi connectivity index (χ0n) is 21.8. The summed E-state index contributed by atoms with van der Waals surface area (Å²) < 4.78 is 11.2. The molecule has 5 rings (SSSR count). The van der Waals surface area contributed by atoms with Crippen LogP contribution in [-0.2, 0) is 22.4 Å². The van der Waals surface area contributed by atoms with Crippen LogP contribution in [0.2, 0.25) is 0 Å². The molecule has 0 fully saturated rings. The van der Waals surface area contributed by atoms with E-state index in [4.69, 9.17) is 9.47 Å². The standard InChI is InChI=1S/C26H31N7O4S/c1-5-36-26(35)27-11-14(2)37-20-10-18-16(12-30-32-18)8-19(20)31-23-22-17-7-6-15(25(34)33(3)4)9-21(17)38-24(22)29-13-28-23/h8,10,12-15H,5-7,9,11H2,1-4H3,(H,27,35)(H,30,32)(H,28,29,31)/t14-,15+/m1/s1. The zero-order chi connectivity index (χ0) is 26.8. The number of rotatable bonds is 8. The van der Waals surface area contributed by atoms with Gasteiger partial charge in [0.05, 0.1) is 35.9 Å². The number of alkyl carbamates (subject to hydrolysis) is 1. The number of H-pyrrole nitrogens is 1. The predicted octanol–water partition coefficient (Wildman–Crippen LogP) is 4.02. The van der Waals surface area contributed by atoms with Crippen LogP contribution >= 0.6 is 11.3 Å². The van der Waals surface area contributed by atoms with Crippen molar-refractivity contribution < 1.29 is 19.1 Å². The highest BCUT2D eigenvalue weighted by atomic mass is 32.1. The van der Waals surface area contributed by atoms with E-state index in [1.807, 2.05) is 19.1 Å². The third-order valence-corrected chi connectivity index (χ3v) is 7.73. The third kappa shape index (κ3) is 5.21. The molecule has 1 aliphatic rings. The average molecular weight is 538 g/mol. The maximum atomic E-state index is 12.6. The van der Waals surface area contributed by atoms with Crippen molar-refractivity contribution in [2.45, 2.75) is 39.2 Å². The van der Waals surface area contributed by atoms with E-state index in [-0.39, 0.29) is 24.5 Å². The molecule has 0 spiro atoms. The van der Waals surface area contributed by atoms with Crippen LogP contribution in [0.3, 0.4) is 0 Å². The van der Waals surface area contributed by atoms with E-state index in [0.717, 1.165) is 39.6 Å². The van der Waals surface area contributed by atoms with Crippen molar-refractivity contribution >= 4 is 56.0 Å². The summed E-state index contributed by atoms with van der Waals surface area (Å²) in [6.45, 7) is 4.21. The lowest BCUT2D eigenvalue weighted by Crippen LogP contribution is -2.34. The van der Waals surface area contributed by atoms with E-state index in [0.29, 0.717) is 24.6 Å². The van der Waals surface area contributed by atoms with Crippen molar-refractivity contribution in [3.05, 3.63) is 35.1 Å². The molecule has 0 bridgehead atoms. The smallest absolute Gasteiger partial charge is 0.407 e. The summed E-state index contributed by atoms with van der Waals surface area (Å²) in [5.74, 6) is 1.43. The molecule has 0 unspecified atom stereocenters. The molecule has 0 saturated carbocycles. The van der Waals surface area contributed by atoms with E-state index < -0.39 is 6.09 Å². The Morgan fingerprint density at radius 2 is 2.13 bits per heavy atom. The molecule has 200 valence electrons. The zero-order valence-corrected chi connectivity index (χ0v) is 22.6. The van der Waals surface area contributed by atoms with Gasteiger partial charge in [-0.2, -0.15) is 5.10 Å². The lowest BCUT2D eigenvalue weighted by Gasteiger charge is -2.24. The first-order valence-electron chi connectivity index (χ1n) is 12.6. The van der Waals surface area contributed by atoms with Crippen molar-refractivity contribution in [1.29, 1.82) is 0 Å². The summed E-state index contributed by atoms with van der Waals surface area (Å²) in [6.07, 6.45) is 4.80. The first-order valence-corrected chi connectivity index (χ1v) is 13.4. The normalized spacial score (nSPS) is 15.6. The summed E-state index contributed by atoms with van der Waals surface area (Å²) in [5.41, 5.74) is 2.75. The minimum Gasteiger partial charge on any atom is -0.487 e. The number of carbonyl (C=O) groups is 2. The fraction of sp³-hybridized carbons (Fsp3) is 0.423. The number of hydrogen-bond acceptors (Lipinski definition) is 9. The molecule has 0 aliphatic heterocycles. The molecule has 0 radical (unpaired) electrons. The highest BCUT2D eigenvalue weighted by Gasteiger charge is 2.30. The topological polar surface area (TPSA) is 134 Å². The molecule has 2 atom stereocenters. The number of amides is 2. The quantitative estimate of drug-likeness (QED) is 0.307. The van der Waals surface area contributed by atoms with E-state index in [1.54, 1.807) is 49.8 Å². The van der Waals surface area contributed by atoms with E-state index >= 15 is 0 Å². The van der Waals surface area contributed by atoms with Crippen molar-refractivity contribution in [2.75, 3.05) is 32.6 Å². The van der Waals surface area contributed by atoms with Gasteiger partial charge in [0.2, 0.25) is 5.91 Å². The van der Waals surface area contributed by atoms with Gasteiger partial charge in [-0.05, 0) is 44.7 Å². The molecule has 2 amide bonds. The summed E-state index contributed by atoms with van der Waals surface area (Å²) >= 11 is 1.63. The predicted molar refractivity (Wildman–Crippen MR) is 146 cm³/mol. The Bertz CT molecular complexity index is 1480. The summed E-state index contributed by atoms with van der Waals surface area (Å²) in [4.78, 5) is 37.2. The molecule has 3 N–H and O–H groups in total. The number of hydrogen-bond donors (Lipinski definition) is 3. The van der Waals surface area contributed by atoms with Gasteiger partial charge >= 0.3 is 6.09 Å². The van der Waals surface area contributed by atoms with Crippen molar-refractivity contribution in [2.24, 2.45) is 5.92 Å². The summed E-state index contributed by atoms with van der Waals surface area (Å²) in [7, 11) is 3.61. The van der Waals surface area contributed by atoms with Crippen LogP contribution < -0.4 is 15.4 Å². The molecular formula is C26H31N7O4S. The minimum atomic E-state index is -0.481. The number of ether oxygens (including phenoxy) is 2. The number of thiophene rings is 1. The lowest BCUT2D eigenvalue weighted by atomic mass is 9.87. The van der Waals surface area contributed by atoms with Crippen LogP contribution in [0.5, 0.6) is 5.75 Å². The highest BCUT2D eigenvalue weighted by molar-refractivity contribution is 7.19. The van der Waals surface area contributed by atoms with Gasteiger partial charge in [-0.1, -0.05) is 0 Å². The molecule has 1 aromatic carbocycles. The number of fused-ring (bicyclic) bond motifs is 4. The van der Waals surface area contributed by atoms with Gasteiger partial charge in [0, 0.05) is 36.3 Å². The summed E-state index contributed by atoms with van der Waals surface area (Å²) in [5, 5.41) is 15.2. The third-order valence-electron chi connectivity index (χ3n) is 6.57. The fourth-order valence-corrected chi connectivity index (χ4v) is 6.01. The van der Waals surface area contributed by atoms with Crippen LogP contribution in [0.1, 0.15) is 30.7 Å². The average Bonchev–Trinajstić information content (AvgIpc) is 3.51. The minimum absolute atomic E-state index is 0.0110. The van der Waals surface area contributed by atoms with Crippen LogP contribution in [-0.4, -0.2) is 70.4 Å². The number of aromatic nitrogens is 4. The second-order valence-electron chi connectivity index (χ2n) is 9.54. The fourth-order valence-electron chi connectivity index (χ4n) is 4.74. The Labute approximate surface area is 223 Å². The second kappa shape index (κ2) is 10.8. The first-order chi connectivity index (χ1) is 18.3. The van der Waals surface area contributed by atoms with Crippen molar-refractivity contribution in [1.82, 2.24) is 30.4 Å². The summed E-state index contributed by atoms with van der Waals surface area (Å²) in [6, 6.07) is 3.84. The van der Waals surface area contributed by atoms with E-state index in [1.165, 1.54) is 10.4 Å². The number of aryl methyl sites for hydroxylation is 1. The Morgan fingerprint density at radius 3 is 2.92 bits per heavy atom. The molecular weight excluding hydrogens is 506 g/mol. The largest absolute Gasteiger partial charge is 0.487 e. The number of aromatic amines is 1. The molecule has 3 heterocycles. The van der Waals surface area contributed by atoms with Gasteiger partial charge < -0.3 is 25.0 Å².